The Bertz CT molecular complexity index is 404. The van der Waals surface area contributed by atoms with E-state index in [9.17, 15) is 0 Å². The van der Waals surface area contributed by atoms with Crippen LogP contribution >= 0.6 is 11.3 Å². The van der Waals surface area contributed by atoms with Crippen molar-refractivity contribution < 1.29 is 0 Å². The third-order valence-corrected chi connectivity index (χ3v) is 3.47. The van der Waals surface area contributed by atoms with Gasteiger partial charge in [-0.1, -0.05) is 6.92 Å². The van der Waals surface area contributed by atoms with Gasteiger partial charge in [0, 0.05) is 23.8 Å². The van der Waals surface area contributed by atoms with Crippen molar-refractivity contribution in [1.82, 2.24) is 14.8 Å². The van der Waals surface area contributed by atoms with E-state index in [-0.39, 0.29) is 0 Å². The molecule has 2 aromatic rings. The Labute approximate surface area is 99.3 Å². The maximum atomic E-state index is 4.33. The van der Waals surface area contributed by atoms with Gasteiger partial charge in [0.15, 0.2) is 0 Å². The van der Waals surface area contributed by atoms with Gasteiger partial charge in [-0.15, -0.1) is 11.3 Å². The normalized spacial score (nSPS) is 10.6. The van der Waals surface area contributed by atoms with Gasteiger partial charge in [0.05, 0.1) is 23.4 Å². The standard InChI is InChI=1S/C11H16N4S/c1-3-11-13-7-10(16-11)6-12-9-5-14-15(4-2)8-9/h5,7-8,12H,3-4,6H2,1-2H3. The average molecular weight is 236 g/mol. The van der Waals surface area contributed by atoms with Crippen molar-refractivity contribution in [1.29, 1.82) is 0 Å². The molecule has 4 nitrogen and oxygen atoms in total. The Morgan fingerprint density at radius 2 is 2.25 bits per heavy atom. The second-order valence-corrected chi connectivity index (χ2v) is 4.71. The van der Waals surface area contributed by atoms with Gasteiger partial charge < -0.3 is 5.32 Å². The highest BCUT2D eigenvalue weighted by atomic mass is 32.1. The second-order valence-electron chi connectivity index (χ2n) is 3.51. The molecule has 0 aliphatic carbocycles. The van der Waals surface area contributed by atoms with E-state index in [1.807, 2.05) is 23.3 Å². The lowest BCUT2D eigenvalue weighted by atomic mass is 10.5. The topological polar surface area (TPSA) is 42.7 Å². The van der Waals surface area contributed by atoms with Gasteiger partial charge in [-0.2, -0.15) is 5.10 Å². The molecule has 0 spiro atoms. The van der Waals surface area contributed by atoms with Crippen LogP contribution in [-0.2, 0) is 19.5 Å². The summed E-state index contributed by atoms with van der Waals surface area (Å²) in [7, 11) is 0. The Morgan fingerprint density at radius 1 is 1.38 bits per heavy atom. The minimum atomic E-state index is 0.826. The van der Waals surface area contributed by atoms with Gasteiger partial charge in [0.25, 0.3) is 0 Å². The first-order valence-electron chi connectivity index (χ1n) is 5.51. The molecule has 16 heavy (non-hydrogen) atoms. The van der Waals surface area contributed by atoms with Gasteiger partial charge in [-0.25, -0.2) is 4.98 Å². The van der Waals surface area contributed by atoms with Gasteiger partial charge >= 0.3 is 0 Å². The molecule has 1 N–H and O–H groups in total. The summed E-state index contributed by atoms with van der Waals surface area (Å²) in [5.74, 6) is 0. The Balaban J connectivity index is 1.91. The first-order chi connectivity index (χ1) is 7.81. The summed E-state index contributed by atoms with van der Waals surface area (Å²) in [6, 6.07) is 0. The molecule has 0 radical (unpaired) electrons. The number of aromatic nitrogens is 3. The number of hydrogen-bond acceptors (Lipinski definition) is 4. The highest BCUT2D eigenvalue weighted by Crippen LogP contribution is 2.15. The minimum Gasteiger partial charge on any atom is -0.378 e. The first-order valence-corrected chi connectivity index (χ1v) is 6.33. The molecule has 0 fully saturated rings. The molecule has 5 heteroatoms. The van der Waals surface area contributed by atoms with Gasteiger partial charge in [-0.3, -0.25) is 4.68 Å². The molecule has 0 aromatic carbocycles. The van der Waals surface area contributed by atoms with Crippen LogP contribution in [-0.4, -0.2) is 14.8 Å². The number of rotatable bonds is 5. The molecule has 2 aromatic heterocycles. The lowest BCUT2D eigenvalue weighted by molar-refractivity contribution is 0.660. The molecule has 86 valence electrons. The summed E-state index contributed by atoms with van der Waals surface area (Å²) in [5, 5.41) is 8.75. The summed E-state index contributed by atoms with van der Waals surface area (Å²) >= 11 is 1.76. The predicted octanol–water partition coefficient (Wildman–Crippen LogP) is 2.53. The molecule has 0 aliphatic rings. The molecular formula is C11H16N4S. The third-order valence-electron chi connectivity index (χ3n) is 2.33. The minimum absolute atomic E-state index is 0.826. The fourth-order valence-electron chi connectivity index (χ4n) is 1.41. The van der Waals surface area contributed by atoms with Crippen LogP contribution in [0.4, 0.5) is 5.69 Å². The highest BCUT2D eigenvalue weighted by Gasteiger charge is 2.01. The summed E-state index contributed by atoms with van der Waals surface area (Å²) < 4.78 is 1.91. The fourth-order valence-corrected chi connectivity index (χ4v) is 2.21. The zero-order chi connectivity index (χ0) is 11.4. The van der Waals surface area contributed by atoms with Crippen molar-refractivity contribution in [2.45, 2.75) is 33.4 Å². The van der Waals surface area contributed by atoms with Gasteiger partial charge in [0.1, 0.15) is 0 Å². The maximum Gasteiger partial charge on any atom is 0.0925 e. The van der Waals surface area contributed by atoms with Crippen LogP contribution in [0, 0.1) is 0 Å². The number of thiazole rings is 1. The van der Waals surface area contributed by atoms with Crippen molar-refractivity contribution >= 4 is 17.0 Å². The van der Waals surface area contributed by atoms with Gasteiger partial charge in [0.2, 0.25) is 0 Å². The van der Waals surface area contributed by atoms with Crippen LogP contribution in [0.25, 0.3) is 0 Å². The smallest absolute Gasteiger partial charge is 0.0925 e. The summed E-state index contributed by atoms with van der Waals surface area (Å²) in [5.41, 5.74) is 1.06. The van der Waals surface area contributed by atoms with Crippen molar-refractivity contribution in [2.75, 3.05) is 5.32 Å². The molecule has 2 rings (SSSR count). The van der Waals surface area contributed by atoms with Crippen molar-refractivity contribution in [3.63, 3.8) is 0 Å². The van der Waals surface area contributed by atoms with Crippen LogP contribution in [0.5, 0.6) is 0 Å². The quantitative estimate of drug-likeness (QED) is 0.867. The highest BCUT2D eigenvalue weighted by molar-refractivity contribution is 7.11. The van der Waals surface area contributed by atoms with Crippen molar-refractivity contribution in [3.05, 3.63) is 28.5 Å². The number of hydrogen-bond donors (Lipinski definition) is 1. The van der Waals surface area contributed by atoms with E-state index in [4.69, 9.17) is 0 Å². The van der Waals surface area contributed by atoms with Crippen molar-refractivity contribution in [3.8, 4) is 0 Å². The van der Waals surface area contributed by atoms with E-state index in [1.165, 1.54) is 9.88 Å². The zero-order valence-electron chi connectivity index (χ0n) is 9.60. The third kappa shape index (κ3) is 2.61. The molecule has 0 atom stereocenters. The monoisotopic (exact) mass is 236 g/mol. The Kier molecular flexibility index (Phi) is 3.56. The number of aryl methyl sites for hydroxylation is 2. The molecule has 0 bridgehead atoms. The van der Waals surface area contributed by atoms with E-state index < -0.39 is 0 Å². The lowest BCUT2D eigenvalue weighted by Gasteiger charge is -1.99. The van der Waals surface area contributed by atoms with E-state index in [1.54, 1.807) is 11.3 Å². The summed E-state index contributed by atoms with van der Waals surface area (Å²) in [4.78, 5) is 5.59. The molecule has 2 heterocycles. The average Bonchev–Trinajstić information content (AvgIpc) is 2.95. The van der Waals surface area contributed by atoms with Crippen LogP contribution in [0.3, 0.4) is 0 Å². The van der Waals surface area contributed by atoms with Crippen LogP contribution in [0.2, 0.25) is 0 Å². The number of nitrogens with one attached hydrogen (secondary N) is 1. The van der Waals surface area contributed by atoms with E-state index in [2.05, 4.69) is 29.2 Å². The number of nitrogens with zero attached hydrogens (tertiary/aromatic N) is 3. The van der Waals surface area contributed by atoms with E-state index in [0.29, 0.717) is 0 Å². The van der Waals surface area contributed by atoms with E-state index in [0.717, 1.165) is 25.2 Å². The maximum absolute atomic E-state index is 4.33. The zero-order valence-corrected chi connectivity index (χ0v) is 10.4. The summed E-state index contributed by atoms with van der Waals surface area (Å²) in [6.45, 7) is 5.93. The molecule has 0 amide bonds. The van der Waals surface area contributed by atoms with Crippen LogP contribution < -0.4 is 5.32 Å². The predicted molar refractivity (Wildman–Crippen MR) is 66.7 cm³/mol. The molecule has 0 unspecified atom stereocenters. The summed E-state index contributed by atoms with van der Waals surface area (Å²) in [6.07, 6.45) is 6.83. The van der Waals surface area contributed by atoms with E-state index >= 15 is 0 Å². The van der Waals surface area contributed by atoms with Crippen molar-refractivity contribution in [2.24, 2.45) is 0 Å². The second kappa shape index (κ2) is 5.12. The molecule has 0 saturated heterocycles. The lowest BCUT2D eigenvalue weighted by Crippen LogP contribution is -1.96. The Morgan fingerprint density at radius 3 is 2.88 bits per heavy atom. The first kappa shape index (κ1) is 11.1. The fraction of sp³-hybridized carbons (Fsp3) is 0.455. The largest absolute Gasteiger partial charge is 0.378 e. The molecule has 0 saturated carbocycles. The SMILES string of the molecule is CCc1ncc(CNc2cnn(CC)c2)s1. The number of anilines is 1. The van der Waals surface area contributed by atoms with Crippen LogP contribution in [0.15, 0.2) is 18.6 Å². The van der Waals surface area contributed by atoms with Gasteiger partial charge in [-0.05, 0) is 13.3 Å². The Hall–Kier alpha value is -1.36. The molecule has 0 aliphatic heterocycles. The van der Waals surface area contributed by atoms with Crippen LogP contribution in [0.1, 0.15) is 23.7 Å². The molecular weight excluding hydrogens is 220 g/mol.